The van der Waals surface area contributed by atoms with Crippen LogP contribution in [0.4, 0.5) is 0 Å². The molecule has 0 spiro atoms. The van der Waals surface area contributed by atoms with Crippen LogP contribution in [0.15, 0.2) is 23.0 Å². The maximum atomic E-state index is 11.3. The third-order valence-electron chi connectivity index (χ3n) is 2.12. The van der Waals surface area contributed by atoms with E-state index in [9.17, 15) is 16.8 Å². The van der Waals surface area contributed by atoms with Crippen LogP contribution in [0, 0.1) is 0 Å². The van der Waals surface area contributed by atoms with Gasteiger partial charge in [-0.25, -0.2) is 16.8 Å². The summed E-state index contributed by atoms with van der Waals surface area (Å²) in [5, 5.41) is 1.17. The molecular formula is C10H16Br2O4S2. The summed E-state index contributed by atoms with van der Waals surface area (Å²) in [6.45, 7) is 3.53. The van der Waals surface area contributed by atoms with Crippen LogP contribution in [0.5, 0.6) is 0 Å². The van der Waals surface area contributed by atoms with Gasteiger partial charge >= 0.3 is 0 Å². The van der Waals surface area contributed by atoms with E-state index < -0.39 is 19.7 Å². The highest BCUT2D eigenvalue weighted by Crippen LogP contribution is 2.16. The number of rotatable bonds is 9. The van der Waals surface area contributed by atoms with Gasteiger partial charge in [-0.15, -0.1) is 0 Å². The molecule has 0 heterocycles. The highest BCUT2D eigenvalue weighted by atomic mass is 79.9. The Hall–Kier alpha value is 0.340. The maximum Gasteiger partial charge on any atom is 0.183 e. The Kier molecular flexibility index (Phi) is 8.66. The van der Waals surface area contributed by atoms with Crippen molar-refractivity contribution >= 4 is 51.5 Å². The minimum Gasteiger partial charge on any atom is -0.223 e. The highest BCUT2D eigenvalue weighted by Gasteiger charge is 2.12. The second-order valence-electron chi connectivity index (χ2n) is 3.65. The third kappa shape index (κ3) is 7.70. The summed E-state index contributed by atoms with van der Waals surface area (Å²) in [4.78, 5) is 0.219. The van der Waals surface area contributed by atoms with E-state index in [0.717, 1.165) is 6.42 Å². The largest absolute Gasteiger partial charge is 0.223 e. The SMILES string of the molecule is C=C(CCCC/C=C/S(=O)(=O)CBr)S(=O)(=O)CBr. The fourth-order valence-electron chi connectivity index (χ4n) is 1.07. The summed E-state index contributed by atoms with van der Waals surface area (Å²) in [7, 11) is -6.35. The Morgan fingerprint density at radius 1 is 1.06 bits per heavy atom. The first kappa shape index (κ1) is 18.3. The Balaban J connectivity index is 3.94. The van der Waals surface area contributed by atoms with Gasteiger partial charge in [0.25, 0.3) is 0 Å². The molecule has 0 aromatic heterocycles. The third-order valence-corrected chi connectivity index (χ3v) is 8.12. The molecule has 0 bridgehead atoms. The highest BCUT2D eigenvalue weighted by molar-refractivity contribution is 9.11. The number of hydrogen-bond donors (Lipinski definition) is 0. The van der Waals surface area contributed by atoms with Gasteiger partial charge in [0, 0.05) is 10.3 Å². The van der Waals surface area contributed by atoms with Crippen LogP contribution in [0.3, 0.4) is 0 Å². The first-order chi connectivity index (χ1) is 8.25. The van der Waals surface area contributed by atoms with Crippen LogP contribution in [-0.2, 0) is 19.7 Å². The van der Waals surface area contributed by atoms with Crippen LogP contribution >= 0.6 is 31.9 Å². The second kappa shape index (κ2) is 8.50. The zero-order valence-electron chi connectivity index (χ0n) is 9.81. The normalized spacial score (nSPS) is 13.0. The zero-order valence-corrected chi connectivity index (χ0v) is 14.6. The number of allylic oxidation sites excluding steroid dienone is 2. The van der Waals surface area contributed by atoms with E-state index in [-0.39, 0.29) is 14.2 Å². The lowest BCUT2D eigenvalue weighted by Crippen LogP contribution is -2.03. The number of halogens is 2. The fourth-order valence-corrected chi connectivity index (χ4v) is 3.61. The minimum absolute atomic E-state index is 0.0865. The molecule has 0 unspecified atom stereocenters. The molecule has 0 aliphatic rings. The van der Waals surface area contributed by atoms with E-state index in [2.05, 4.69) is 38.4 Å². The molecule has 0 saturated heterocycles. The summed E-state index contributed by atoms with van der Waals surface area (Å²) in [6.07, 6.45) is 3.99. The van der Waals surface area contributed by atoms with E-state index in [1.807, 2.05) is 0 Å². The van der Waals surface area contributed by atoms with Gasteiger partial charge in [-0.2, -0.15) is 0 Å². The smallest absolute Gasteiger partial charge is 0.183 e. The zero-order chi connectivity index (χ0) is 14.2. The van der Waals surface area contributed by atoms with Gasteiger partial charge in [-0.1, -0.05) is 44.5 Å². The first-order valence-electron chi connectivity index (χ1n) is 5.17. The van der Waals surface area contributed by atoms with E-state index >= 15 is 0 Å². The monoisotopic (exact) mass is 422 g/mol. The van der Waals surface area contributed by atoms with E-state index in [1.54, 1.807) is 6.08 Å². The first-order valence-corrected chi connectivity index (χ1v) is 10.8. The van der Waals surface area contributed by atoms with Gasteiger partial charge in [-0.3, -0.25) is 0 Å². The Bertz CT molecular complexity index is 492. The van der Waals surface area contributed by atoms with Gasteiger partial charge in [-0.05, 0) is 25.7 Å². The summed E-state index contributed by atoms with van der Waals surface area (Å²) in [5.41, 5.74) is 0. The molecule has 0 atom stereocenters. The Labute approximate surface area is 126 Å². The number of alkyl halides is 2. The summed E-state index contributed by atoms with van der Waals surface area (Å²) >= 11 is 5.78. The molecular weight excluding hydrogens is 408 g/mol. The maximum absolute atomic E-state index is 11.3. The van der Waals surface area contributed by atoms with Crippen molar-refractivity contribution in [2.24, 2.45) is 0 Å². The molecule has 0 saturated carbocycles. The average molecular weight is 424 g/mol. The van der Waals surface area contributed by atoms with Crippen molar-refractivity contribution in [1.82, 2.24) is 0 Å². The lowest BCUT2D eigenvalue weighted by atomic mass is 10.2. The molecule has 0 aliphatic heterocycles. The molecule has 0 aliphatic carbocycles. The van der Waals surface area contributed by atoms with Crippen molar-refractivity contribution in [3.8, 4) is 0 Å². The Morgan fingerprint density at radius 3 is 2.17 bits per heavy atom. The molecule has 0 N–H and O–H groups in total. The van der Waals surface area contributed by atoms with Gasteiger partial charge in [0.05, 0.1) is 0 Å². The molecule has 0 radical (unpaired) electrons. The summed E-state index contributed by atoms with van der Waals surface area (Å²) in [6, 6.07) is 0. The van der Waals surface area contributed by atoms with Crippen molar-refractivity contribution in [1.29, 1.82) is 0 Å². The van der Waals surface area contributed by atoms with E-state index in [1.165, 1.54) is 5.41 Å². The molecule has 106 valence electrons. The lowest BCUT2D eigenvalue weighted by Gasteiger charge is -2.03. The van der Waals surface area contributed by atoms with E-state index in [4.69, 9.17) is 0 Å². The van der Waals surface area contributed by atoms with Gasteiger partial charge in [0.2, 0.25) is 0 Å². The van der Waals surface area contributed by atoms with Crippen molar-refractivity contribution in [2.75, 3.05) is 9.32 Å². The minimum atomic E-state index is -3.22. The molecule has 18 heavy (non-hydrogen) atoms. The quantitative estimate of drug-likeness (QED) is 0.422. The van der Waals surface area contributed by atoms with Crippen LogP contribution in [0.1, 0.15) is 25.7 Å². The number of sulfone groups is 2. The Morgan fingerprint density at radius 2 is 1.67 bits per heavy atom. The summed E-state index contributed by atoms with van der Waals surface area (Å²) in [5.74, 6) is 0. The molecule has 0 aromatic carbocycles. The van der Waals surface area contributed by atoms with E-state index in [0.29, 0.717) is 19.3 Å². The van der Waals surface area contributed by atoms with Crippen LogP contribution in [0.2, 0.25) is 0 Å². The number of unbranched alkanes of at least 4 members (excludes halogenated alkanes) is 2. The van der Waals surface area contributed by atoms with Crippen LogP contribution < -0.4 is 0 Å². The van der Waals surface area contributed by atoms with Crippen LogP contribution in [-0.4, -0.2) is 26.2 Å². The fraction of sp³-hybridized carbons (Fsp3) is 0.600. The summed E-state index contributed by atoms with van der Waals surface area (Å²) < 4.78 is 44.7. The van der Waals surface area contributed by atoms with Crippen LogP contribution in [0.25, 0.3) is 0 Å². The number of hydrogen-bond acceptors (Lipinski definition) is 4. The topological polar surface area (TPSA) is 68.3 Å². The van der Waals surface area contributed by atoms with Crippen molar-refractivity contribution in [3.05, 3.63) is 23.0 Å². The molecule has 0 amide bonds. The van der Waals surface area contributed by atoms with Gasteiger partial charge in [0.15, 0.2) is 19.7 Å². The van der Waals surface area contributed by atoms with Crippen molar-refractivity contribution < 1.29 is 16.8 Å². The van der Waals surface area contributed by atoms with Gasteiger partial charge < -0.3 is 0 Å². The van der Waals surface area contributed by atoms with Crippen molar-refractivity contribution in [2.45, 2.75) is 25.7 Å². The molecule has 4 nitrogen and oxygen atoms in total. The predicted molar refractivity (Wildman–Crippen MR) is 82.2 cm³/mol. The van der Waals surface area contributed by atoms with Gasteiger partial charge in [0.1, 0.15) is 9.32 Å². The lowest BCUT2D eigenvalue weighted by molar-refractivity contribution is 0.603. The molecule has 0 fully saturated rings. The molecule has 8 heteroatoms. The second-order valence-corrected chi connectivity index (χ2v) is 10.2. The van der Waals surface area contributed by atoms with Crippen molar-refractivity contribution in [3.63, 3.8) is 0 Å². The average Bonchev–Trinajstić information content (AvgIpc) is 2.33. The molecule has 0 aromatic rings. The molecule has 0 rings (SSSR count). The standard InChI is InChI=1S/C10H16Br2O4S2/c1-10(18(15,16)9-12)6-4-2-3-5-7-17(13,14)8-11/h5,7H,1-4,6,8-9H2/b7-5+. The predicted octanol–water partition coefficient (Wildman–Crippen LogP) is 3.11.